The van der Waals surface area contributed by atoms with Crippen LogP contribution in [0.5, 0.6) is 0 Å². The van der Waals surface area contributed by atoms with Gasteiger partial charge in [0.2, 0.25) is 12.2 Å². The number of rotatable bonds is 4. The van der Waals surface area contributed by atoms with Gasteiger partial charge in [-0.1, -0.05) is 18.2 Å². The molecule has 1 fully saturated rings. The Balaban J connectivity index is 1.83. The van der Waals surface area contributed by atoms with Crippen LogP contribution in [0, 0.1) is 0 Å². The smallest absolute Gasteiger partial charge is 0.223 e. The molecule has 20 heavy (non-hydrogen) atoms. The Morgan fingerprint density at radius 1 is 1.35 bits per heavy atom. The van der Waals surface area contributed by atoms with Gasteiger partial charge in [0.25, 0.3) is 0 Å². The summed E-state index contributed by atoms with van der Waals surface area (Å²) in [7, 11) is 0. The predicted molar refractivity (Wildman–Crippen MR) is 75.9 cm³/mol. The van der Waals surface area contributed by atoms with Crippen molar-refractivity contribution < 1.29 is 9.59 Å². The van der Waals surface area contributed by atoms with Gasteiger partial charge in [-0.3, -0.25) is 14.6 Å². The molecule has 2 heterocycles. The molecule has 101 valence electrons. The number of para-hydroxylation sites is 1. The van der Waals surface area contributed by atoms with E-state index in [2.05, 4.69) is 4.98 Å². The van der Waals surface area contributed by atoms with Crippen LogP contribution in [0.15, 0.2) is 36.5 Å². The zero-order valence-corrected chi connectivity index (χ0v) is 11.1. The van der Waals surface area contributed by atoms with Crippen molar-refractivity contribution in [1.29, 1.82) is 0 Å². The Kier molecular flexibility index (Phi) is 3.46. The molecule has 4 heteroatoms. The topological polar surface area (TPSA) is 50.3 Å². The van der Waals surface area contributed by atoms with Gasteiger partial charge < -0.3 is 4.90 Å². The Hall–Kier alpha value is -2.23. The van der Waals surface area contributed by atoms with Crippen molar-refractivity contribution in [2.75, 3.05) is 6.54 Å². The van der Waals surface area contributed by atoms with Crippen molar-refractivity contribution >= 4 is 23.1 Å². The fourth-order valence-electron chi connectivity index (χ4n) is 2.67. The monoisotopic (exact) mass is 267 g/mol. The Morgan fingerprint density at radius 2 is 2.20 bits per heavy atom. The van der Waals surface area contributed by atoms with Crippen LogP contribution in [0.4, 0.5) is 0 Å². The lowest BCUT2D eigenvalue weighted by atomic mass is 10.1. The number of amides is 1. The zero-order chi connectivity index (χ0) is 13.9. The van der Waals surface area contributed by atoms with Crippen LogP contribution < -0.4 is 0 Å². The van der Waals surface area contributed by atoms with Crippen molar-refractivity contribution in [3.63, 3.8) is 0 Å². The molecule has 0 spiro atoms. The third-order valence-electron chi connectivity index (χ3n) is 3.70. The first-order chi connectivity index (χ1) is 9.78. The van der Waals surface area contributed by atoms with Gasteiger partial charge >= 0.3 is 0 Å². The van der Waals surface area contributed by atoms with E-state index in [0.717, 1.165) is 22.9 Å². The highest BCUT2D eigenvalue weighted by molar-refractivity contribution is 5.82. The summed E-state index contributed by atoms with van der Waals surface area (Å²) in [4.78, 5) is 28.9. The molecular weight excluding hydrogens is 252 g/mol. The van der Waals surface area contributed by atoms with Crippen molar-refractivity contribution in [1.82, 2.24) is 9.88 Å². The molecule has 0 bridgehead atoms. The number of aromatic nitrogens is 1. The van der Waals surface area contributed by atoms with E-state index in [1.165, 1.54) is 0 Å². The third kappa shape index (κ3) is 2.41. The summed E-state index contributed by atoms with van der Waals surface area (Å²) in [6.45, 7) is 0.653. The number of hydrogen-bond donors (Lipinski definition) is 0. The molecule has 4 nitrogen and oxygen atoms in total. The zero-order valence-electron chi connectivity index (χ0n) is 11.1. The van der Waals surface area contributed by atoms with Crippen LogP contribution in [-0.2, 0) is 16.0 Å². The van der Waals surface area contributed by atoms with E-state index in [-0.39, 0.29) is 5.91 Å². The number of hydrogen-bond acceptors (Lipinski definition) is 3. The number of fused-ring (bicyclic) bond motifs is 1. The van der Waals surface area contributed by atoms with Crippen LogP contribution in [0.1, 0.15) is 18.4 Å². The average molecular weight is 267 g/mol. The van der Waals surface area contributed by atoms with Crippen molar-refractivity contribution in [2.24, 2.45) is 0 Å². The molecule has 0 N–H and O–H groups in total. The summed E-state index contributed by atoms with van der Waals surface area (Å²) in [5.41, 5.74) is 1.89. The summed E-state index contributed by atoms with van der Waals surface area (Å²) < 4.78 is 0. The summed E-state index contributed by atoms with van der Waals surface area (Å²) in [5.74, 6) is 0.0482. The lowest BCUT2D eigenvalue weighted by Crippen LogP contribution is -2.38. The van der Waals surface area contributed by atoms with E-state index >= 15 is 0 Å². The number of nitrogens with zero attached hydrogens (tertiary/aromatic N) is 2. The molecule has 1 aromatic heterocycles. The maximum Gasteiger partial charge on any atom is 0.223 e. The summed E-state index contributed by atoms with van der Waals surface area (Å²) in [6, 6.07) is 9.38. The molecule has 1 aliphatic rings. The van der Waals surface area contributed by atoms with Gasteiger partial charge in [0.1, 0.15) is 6.04 Å². The van der Waals surface area contributed by atoms with E-state index in [4.69, 9.17) is 0 Å². The molecule has 1 amide bonds. The van der Waals surface area contributed by atoms with Crippen LogP contribution >= 0.6 is 0 Å². The van der Waals surface area contributed by atoms with Gasteiger partial charge in [-0.25, -0.2) is 0 Å². The van der Waals surface area contributed by atoms with Gasteiger partial charge in [0, 0.05) is 31.0 Å². The Morgan fingerprint density at radius 3 is 2.95 bits per heavy atom. The molecule has 2 aromatic rings. The van der Waals surface area contributed by atoms with Crippen molar-refractivity contribution in [2.45, 2.75) is 25.3 Å². The summed E-state index contributed by atoms with van der Waals surface area (Å²) >= 11 is 0. The quantitative estimate of drug-likeness (QED) is 0.849. The average Bonchev–Trinajstić information content (AvgIpc) is 2.91. The predicted octanol–water partition coefficient (Wildman–Crippen LogP) is 1.88. The van der Waals surface area contributed by atoms with Gasteiger partial charge in [-0.15, -0.1) is 0 Å². The minimum Gasteiger partial charge on any atom is -0.332 e. The van der Waals surface area contributed by atoms with Crippen LogP contribution in [-0.4, -0.2) is 34.7 Å². The maximum absolute atomic E-state index is 11.7. The fourth-order valence-corrected chi connectivity index (χ4v) is 2.67. The van der Waals surface area contributed by atoms with Crippen molar-refractivity contribution in [3.8, 4) is 0 Å². The van der Waals surface area contributed by atoms with Crippen LogP contribution in [0.2, 0.25) is 0 Å². The molecule has 1 atom stereocenters. The minimum absolute atomic E-state index is 0.0482. The lowest BCUT2D eigenvalue weighted by molar-refractivity contribution is -0.128. The van der Waals surface area contributed by atoms with Gasteiger partial charge in [0.15, 0.2) is 0 Å². The maximum atomic E-state index is 11.7. The normalized spacial score (nSPS) is 16.6. The van der Waals surface area contributed by atoms with E-state index in [0.29, 0.717) is 19.4 Å². The van der Waals surface area contributed by atoms with Gasteiger partial charge in [-0.05, 0) is 24.1 Å². The second kappa shape index (κ2) is 5.41. The van der Waals surface area contributed by atoms with Gasteiger partial charge in [-0.2, -0.15) is 0 Å². The number of benzene rings is 1. The van der Waals surface area contributed by atoms with E-state index in [1.807, 2.05) is 36.6 Å². The Bertz CT molecular complexity index is 654. The van der Waals surface area contributed by atoms with E-state index < -0.39 is 6.04 Å². The number of likely N-dealkylation sites (tertiary alicyclic amines) is 1. The first-order valence-corrected chi connectivity index (χ1v) is 6.79. The highest BCUT2D eigenvalue weighted by Gasteiger charge is 2.28. The molecule has 0 unspecified atom stereocenters. The summed E-state index contributed by atoms with van der Waals surface area (Å²) in [5, 5.41) is 1.04. The number of carbonyl (C=O) groups excluding carboxylic acids is 2. The first kappa shape index (κ1) is 12.8. The number of pyridine rings is 1. The highest BCUT2D eigenvalue weighted by Crippen LogP contribution is 2.18. The molecule has 1 aromatic carbocycles. The van der Waals surface area contributed by atoms with E-state index in [9.17, 15) is 9.59 Å². The largest absolute Gasteiger partial charge is 0.332 e. The van der Waals surface area contributed by atoms with Crippen LogP contribution in [0.25, 0.3) is 10.9 Å². The molecule has 1 aliphatic heterocycles. The molecule has 0 aliphatic carbocycles. The molecule has 0 saturated carbocycles. The van der Waals surface area contributed by atoms with Crippen molar-refractivity contribution in [3.05, 3.63) is 42.1 Å². The molecular formula is C16H15N2O2. The van der Waals surface area contributed by atoms with Crippen LogP contribution in [0.3, 0.4) is 0 Å². The molecule has 3 rings (SSSR count). The minimum atomic E-state index is -0.493. The van der Waals surface area contributed by atoms with Gasteiger partial charge in [0.05, 0.1) is 5.52 Å². The highest BCUT2D eigenvalue weighted by atomic mass is 16.2. The summed E-state index contributed by atoms with van der Waals surface area (Å²) in [6.07, 6.45) is 5.61. The standard InChI is InChI=1S/C16H15N2O2/c19-11-14(18-7-3-6-16(18)20)9-12-8-13-4-1-2-5-15(13)17-10-12/h1-2,4-5,8,10,14H,3,6-7,9H2/t14-/m1/s1. The Labute approximate surface area is 117 Å². The second-order valence-corrected chi connectivity index (χ2v) is 5.06. The molecule has 1 saturated heterocycles. The number of carbonyl (C=O) groups is 1. The first-order valence-electron chi connectivity index (χ1n) is 6.79. The fraction of sp³-hybridized carbons (Fsp3) is 0.312. The van der Waals surface area contributed by atoms with E-state index in [1.54, 1.807) is 11.1 Å². The molecule has 1 radical (unpaired) electrons. The SMILES string of the molecule is O=[C][C@@H](Cc1cnc2ccccc2c1)N1CCCC1=O. The third-order valence-corrected chi connectivity index (χ3v) is 3.70. The second-order valence-electron chi connectivity index (χ2n) is 5.06. The lowest BCUT2D eigenvalue weighted by Gasteiger charge is -2.22.